The molecule has 1 unspecified atom stereocenters. The molecule has 3 aromatic rings. The number of aromatic nitrogens is 1. The van der Waals surface area contributed by atoms with Crippen LogP contribution in [0.15, 0.2) is 62.6 Å². The van der Waals surface area contributed by atoms with Gasteiger partial charge in [0, 0.05) is 18.0 Å². The molecule has 2 heterocycles. The average Bonchev–Trinajstić information content (AvgIpc) is 2.98. The maximum absolute atomic E-state index is 12.3. The Labute approximate surface area is 151 Å². The number of para-hydroxylation sites is 2. The molecule has 1 fully saturated rings. The van der Waals surface area contributed by atoms with Gasteiger partial charge in [0.2, 0.25) is 0 Å². The van der Waals surface area contributed by atoms with Crippen molar-refractivity contribution in [2.45, 2.75) is 30.3 Å². The average molecular weight is 354 g/mol. The highest BCUT2D eigenvalue weighted by atomic mass is 32.2. The number of benzene rings is 2. The summed E-state index contributed by atoms with van der Waals surface area (Å²) in [5.41, 5.74) is 2.91. The summed E-state index contributed by atoms with van der Waals surface area (Å²) in [5.74, 6) is -0.239. The van der Waals surface area contributed by atoms with Crippen LogP contribution < -0.4 is 5.76 Å². The fourth-order valence-electron chi connectivity index (χ4n) is 3.70. The van der Waals surface area contributed by atoms with Crippen LogP contribution in [0.1, 0.15) is 24.4 Å². The summed E-state index contributed by atoms with van der Waals surface area (Å²) < 4.78 is 7.26. The molecule has 0 aliphatic carbocycles. The van der Waals surface area contributed by atoms with Crippen molar-refractivity contribution >= 4 is 22.9 Å². The Bertz CT molecular complexity index is 913. The second-order valence-corrected chi connectivity index (χ2v) is 7.46. The Morgan fingerprint density at radius 1 is 1.16 bits per heavy atom. The third-order valence-corrected chi connectivity index (χ3v) is 5.67. The largest absolute Gasteiger partial charge is 0.420 e. The van der Waals surface area contributed by atoms with Crippen LogP contribution in [-0.2, 0) is 6.54 Å². The number of likely N-dealkylation sites (tertiary alicyclic amines) is 1. The van der Waals surface area contributed by atoms with Gasteiger partial charge in [-0.3, -0.25) is 9.47 Å². The van der Waals surface area contributed by atoms with Crippen LogP contribution in [-0.4, -0.2) is 28.8 Å². The maximum atomic E-state index is 12.3. The van der Waals surface area contributed by atoms with Crippen molar-refractivity contribution in [2.24, 2.45) is 0 Å². The molecular weight excluding hydrogens is 332 g/mol. The Kier molecular flexibility index (Phi) is 4.68. The molecular formula is C20H22N2O2S. The lowest BCUT2D eigenvalue weighted by atomic mass is 10.0. The molecule has 1 aliphatic heterocycles. The van der Waals surface area contributed by atoms with Crippen LogP contribution in [0.2, 0.25) is 0 Å². The molecule has 1 aliphatic rings. The van der Waals surface area contributed by atoms with E-state index in [1.807, 2.05) is 28.8 Å². The fraction of sp³-hybridized carbons (Fsp3) is 0.350. The molecule has 5 heteroatoms. The highest BCUT2D eigenvalue weighted by Crippen LogP contribution is 2.26. The SMILES string of the molecule is CSc1ccc(CN2CCCC(n3c(=O)oc4ccccc43)C2)cc1. The Hall–Kier alpha value is -1.98. The number of fused-ring (bicyclic) bond motifs is 1. The van der Waals surface area contributed by atoms with E-state index in [1.165, 1.54) is 10.5 Å². The van der Waals surface area contributed by atoms with Crippen molar-refractivity contribution < 1.29 is 4.42 Å². The van der Waals surface area contributed by atoms with Crippen LogP contribution in [0.25, 0.3) is 11.1 Å². The van der Waals surface area contributed by atoms with E-state index in [1.54, 1.807) is 11.8 Å². The summed E-state index contributed by atoms with van der Waals surface area (Å²) in [6.07, 6.45) is 4.21. The van der Waals surface area contributed by atoms with Crippen LogP contribution in [0.3, 0.4) is 0 Å². The van der Waals surface area contributed by atoms with E-state index in [-0.39, 0.29) is 11.8 Å². The van der Waals surface area contributed by atoms with Crippen LogP contribution >= 0.6 is 11.8 Å². The number of rotatable bonds is 4. The van der Waals surface area contributed by atoms with Gasteiger partial charge in [-0.25, -0.2) is 4.79 Å². The molecule has 25 heavy (non-hydrogen) atoms. The molecule has 2 aromatic carbocycles. The molecule has 0 saturated carbocycles. The fourth-order valence-corrected chi connectivity index (χ4v) is 4.11. The molecule has 0 amide bonds. The first-order valence-corrected chi connectivity index (χ1v) is 9.92. The molecule has 4 nitrogen and oxygen atoms in total. The summed E-state index contributed by atoms with van der Waals surface area (Å²) in [4.78, 5) is 16.1. The zero-order valence-electron chi connectivity index (χ0n) is 14.4. The van der Waals surface area contributed by atoms with Gasteiger partial charge in [-0.2, -0.15) is 0 Å². The summed E-state index contributed by atoms with van der Waals surface area (Å²) in [6, 6.07) is 16.6. The van der Waals surface area contributed by atoms with Gasteiger partial charge < -0.3 is 4.42 Å². The Balaban J connectivity index is 1.54. The number of thioether (sulfide) groups is 1. The van der Waals surface area contributed by atoms with Gasteiger partial charge in [0.15, 0.2) is 5.58 Å². The zero-order chi connectivity index (χ0) is 17.2. The van der Waals surface area contributed by atoms with Gasteiger partial charge >= 0.3 is 5.76 Å². The lowest BCUT2D eigenvalue weighted by Gasteiger charge is -2.33. The highest BCUT2D eigenvalue weighted by molar-refractivity contribution is 7.98. The van der Waals surface area contributed by atoms with Gasteiger partial charge in [-0.15, -0.1) is 11.8 Å². The van der Waals surface area contributed by atoms with E-state index in [0.29, 0.717) is 5.58 Å². The number of piperidine rings is 1. The first-order chi connectivity index (χ1) is 12.2. The molecule has 0 N–H and O–H groups in total. The summed E-state index contributed by atoms with van der Waals surface area (Å²) in [7, 11) is 0. The third kappa shape index (κ3) is 3.39. The topological polar surface area (TPSA) is 38.4 Å². The van der Waals surface area contributed by atoms with Gasteiger partial charge in [0.25, 0.3) is 0 Å². The van der Waals surface area contributed by atoms with E-state index in [0.717, 1.165) is 38.0 Å². The second kappa shape index (κ2) is 7.10. The van der Waals surface area contributed by atoms with Crippen molar-refractivity contribution in [2.75, 3.05) is 19.3 Å². The van der Waals surface area contributed by atoms with Crippen molar-refractivity contribution in [3.05, 3.63) is 64.6 Å². The predicted molar refractivity (Wildman–Crippen MR) is 102 cm³/mol. The van der Waals surface area contributed by atoms with Crippen molar-refractivity contribution in [1.29, 1.82) is 0 Å². The van der Waals surface area contributed by atoms with Crippen LogP contribution in [0.4, 0.5) is 0 Å². The standard InChI is InChI=1S/C20H22N2O2S/c1-25-17-10-8-15(9-11-17)13-21-12-4-5-16(14-21)22-18-6-2-3-7-19(18)24-20(22)23/h2-3,6-11,16H,4-5,12-14H2,1H3. The third-order valence-electron chi connectivity index (χ3n) is 4.93. The van der Waals surface area contributed by atoms with Gasteiger partial charge in [-0.1, -0.05) is 24.3 Å². The smallest absolute Gasteiger partial charge is 0.408 e. The number of nitrogens with zero attached hydrogens (tertiary/aromatic N) is 2. The number of hydrogen-bond acceptors (Lipinski definition) is 4. The monoisotopic (exact) mass is 354 g/mol. The predicted octanol–water partition coefficient (Wildman–Crippen LogP) is 4.15. The molecule has 0 bridgehead atoms. The lowest BCUT2D eigenvalue weighted by Crippen LogP contribution is -2.38. The first kappa shape index (κ1) is 16.5. The lowest BCUT2D eigenvalue weighted by molar-refractivity contribution is 0.168. The summed E-state index contributed by atoms with van der Waals surface area (Å²) >= 11 is 1.76. The minimum atomic E-state index is -0.239. The maximum Gasteiger partial charge on any atom is 0.420 e. The molecule has 0 radical (unpaired) electrons. The minimum Gasteiger partial charge on any atom is -0.408 e. The van der Waals surface area contributed by atoms with Gasteiger partial charge in [0.05, 0.1) is 11.6 Å². The number of oxazole rings is 1. The van der Waals surface area contributed by atoms with E-state index < -0.39 is 0 Å². The molecule has 0 spiro atoms. The highest BCUT2D eigenvalue weighted by Gasteiger charge is 2.25. The molecule has 1 saturated heterocycles. The summed E-state index contributed by atoms with van der Waals surface area (Å²) in [6.45, 7) is 2.88. The molecule has 1 aromatic heterocycles. The number of hydrogen-bond donors (Lipinski definition) is 0. The van der Waals surface area contributed by atoms with E-state index >= 15 is 0 Å². The summed E-state index contributed by atoms with van der Waals surface area (Å²) in [5, 5.41) is 0. The van der Waals surface area contributed by atoms with Crippen LogP contribution in [0, 0.1) is 0 Å². The Morgan fingerprint density at radius 3 is 2.76 bits per heavy atom. The zero-order valence-corrected chi connectivity index (χ0v) is 15.2. The van der Waals surface area contributed by atoms with E-state index in [2.05, 4.69) is 35.4 Å². The quantitative estimate of drug-likeness (QED) is 0.660. The van der Waals surface area contributed by atoms with E-state index in [4.69, 9.17) is 4.42 Å². The molecule has 130 valence electrons. The van der Waals surface area contributed by atoms with Crippen molar-refractivity contribution in [3.63, 3.8) is 0 Å². The van der Waals surface area contributed by atoms with Crippen molar-refractivity contribution in [3.8, 4) is 0 Å². The van der Waals surface area contributed by atoms with Gasteiger partial charge in [-0.05, 0) is 55.5 Å². The van der Waals surface area contributed by atoms with Crippen molar-refractivity contribution in [1.82, 2.24) is 9.47 Å². The normalized spacial score (nSPS) is 18.7. The molecule has 4 rings (SSSR count). The Morgan fingerprint density at radius 2 is 1.96 bits per heavy atom. The first-order valence-electron chi connectivity index (χ1n) is 8.70. The minimum absolute atomic E-state index is 0.176. The van der Waals surface area contributed by atoms with Gasteiger partial charge in [0.1, 0.15) is 0 Å². The van der Waals surface area contributed by atoms with E-state index in [9.17, 15) is 4.79 Å². The van der Waals surface area contributed by atoms with Crippen LogP contribution in [0.5, 0.6) is 0 Å². The second-order valence-electron chi connectivity index (χ2n) is 6.58. The molecule has 1 atom stereocenters.